The van der Waals surface area contributed by atoms with Crippen molar-refractivity contribution in [2.24, 2.45) is 0 Å². The van der Waals surface area contributed by atoms with Crippen LogP contribution in [0.5, 0.6) is 0 Å². The minimum Gasteiger partial charge on any atom is -0.244 e. The molecule has 0 fully saturated rings. The molecule has 0 saturated heterocycles. The van der Waals surface area contributed by atoms with Gasteiger partial charge in [0.2, 0.25) is 0 Å². The van der Waals surface area contributed by atoms with Crippen LogP contribution in [0.15, 0.2) is 12.3 Å². The van der Waals surface area contributed by atoms with Crippen molar-refractivity contribution in [2.45, 2.75) is 46.6 Å². The van der Waals surface area contributed by atoms with Crippen LogP contribution >= 0.6 is 0 Å². The number of nitrogens with zero attached hydrogens (tertiary/aromatic N) is 3. The minimum absolute atomic E-state index is 0.352. The first-order valence-corrected chi connectivity index (χ1v) is 5.85. The molecule has 16 heavy (non-hydrogen) atoms. The fraction of sp³-hybridized carbons (Fsp3) is 0.538. The van der Waals surface area contributed by atoms with Crippen LogP contribution in [-0.2, 0) is 0 Å². The van der Waals surface area contributed by atoms with Gasteiger partial charge < -0.3 is 0 Å². The summed E-state index contributed by atoms with van der Waals surface area (Å²) in [5.74, 6) is 0.436. The molecule has 0 aliphatic rings. The van der Waals surface area contributed by atoms with Gasteiger partial charge in [0.25, 0.3) is 0 Å². The molecule has 2 heterocycles. The molecular formula is C13H19N3. The van der Waals surface area contributed by atoms with E-state index in [1.165, 1.54) is 10.9 Å². The Bertz CT molecular complexity index is 509. The van der Waals surface area contributed by atoms with Crippen LogP contribution in [0.4, 0.5) is 0 Å². The van der Waals surface area contributed by atoms with E-state index in [2.05, 4.69) is 50.8 Å². The maximum atomic E-state index is 4.68. The molecule has 86 valence electrons. The average Bonchev–Trinajstić information content (AvgIpc) is 2.56. The highest BCUT2D eigenvalue weighted by Gasteiger charge is 2.15. The summed E-state index contributed by atoms with van der Waals surface area (Å²) in [7, 11) is 0. The van der Waals surface area contributed by atoms with Crippen molar-refractivity contribution in [3.8, 4) is 0 Å². The predicted octanol–water partition coefficient (Wildman–Crippen LogP) is 3.44. The lowest BCUT2D eigenvalue weighted by Crippen LogP contribution is -2.04. The first-order valence-electron chi connectivity index (χ1n) is 5.85. The third kappa shape index (κ3) is 1.70. The van der Waals surface area contributed by atoms with Gasteiger partial charge in [-0.1, -0.05) is 13.8 Å². The Morgan fingerprint density at radius 3 is 2.44 bits per heavy atom. The van der Waals surface area contributed by atoms with Crippen LogP contribution in [0.2, 0.25) is 0 Å². The molecular weight excluding hydrogens is 198 g/mol. The Labute approximate surface area is 96.5 Å². The second kappa shape index (κ2) is 3.89. The molecule has 0 aromatic carbocycles. The number of fused-ring (bicyclic) bond motifs is 1. The summed E-state index contributed by atoms with van der Waals surface area (Å²) in [4.78, 5) is 4.51. The summed E-state index contributed by atoms with van der Waals surface area (Å²) in [6.45, 7) is 10.7. The van der Waals surface area contributed by atoms with Gasteiger partial charge >= 0.3 is 0 Å². The predicted molar refractivity (Wildman–Crippen MR) is 66.7 cm³/mol. The Hall–Kier alpha value is -1.38. The van der Waals surface area contributed by atoms with E-state index in [1.54, 1.807) is 0 Å². The summed E-state index contributed by atoms with van der Waals surface area (Å²) < 4.78 is 2.02. The zero-order valence-corrected chi connectivity index (χ0v) is 10.7. The van der Waals surface area contributed by atoms with Gasteiger partial charge in [-0.15, -0.1) is 0 Å². The first-order chi connectivity index (χ1) is 7.50. The van der Waals surface area contributed by atoms with E-state index in [0.717, 1.165) is 11.3 Å². The molecule has 0 aliphatic heterocycles. The number of hydrogen-bond donors (Lipinski definition) is 0. The van der Waals surface area contributed by atoms with E-state index in [-0.39, 0.29) is 0 Å². The van der Waals surface area contributed by atoms with Crippen LogP contribution in [0.25, 0.3) is 11.0 Å². The molecule has 0 bridgehead atoms. The molecule has 0 radical (unpaired) electrons. The first kappa shape index (κ1) is 11.1. The van der Waals surface area contributed by atoms with Gasteiger partial charge in [0, 0.05) is 17.6 Å². The second-order valence-corrected chi connectivity index (χ2v) is 4.96. The van der Waals surface area contributed by atoms with E-state index in [1.807, 2.05) is 10.9 Å². The van der Waals surface area contributed by atoms with Gasteiger partial charge in [-0.3, -0.25) is 0 Å². The number of pyridine rings is 1. The summed E-state index contributed by atoms with van der Waals surface area (Å²) >= 11 is 0. The van der Waals surface area contributed by atoms with Crippen LogP contribution < -0.4 is 0 Å². The molecule has 0 aliphatic carbocycles. The summed E-state index contributed by atoms with van der Waals surface area (Å²) in [6, 6.07) is 2.54. The van der Waals surface area contributed by atoms with E-state index in [4.69, 9.17) is 0 Å². The third-order valence-corrected chi connectivity index (χ3v) is 2.75. The molecule has 0 N–H and O–H groups in total. The molecule has 0 spiro atoms. The maximum Gasteiger partial charge on any atom is 0.158 e. The Kier molecular flexibility index (Phi) is 2.70. The van der Waals surface area contributed by atoms with Crippen molar-refractivity contribution in [2.75, 3.05) is 0 Å². The third-order valence-electron chi connectivity index (χ3n) is 2.75. The van der Waals surface area contributed by atoms with Gasteiger partial charge in [-0.2, -0.15) is 5.10 Å². The van der Waals surface area contributed by atoms with Crippen molar-refractivity contribution in [3.63, 3.8) is 0 Å². The normalized spacial score (nSPS) is 11.9. The van der Waals surface area contributed by atoms with Gasteiger partial charge in [0.05, 0.1) is 5.69 Å². The second-order valence-electron chi connectivity index (χ2n) is 4.96. The van der Waals surface area contributed by atoms with Gasteiger partial charge in [-0.25, -0.2) is 9.67 Å². The Morgan fingerprint density at radius 2 is 1.88 bits per heavy atom. The van der Waals surface area contributed by atoms with Crippen LogP contribution in [0.1, 0.15) is 50.9 Å². The molecule has 2 aromatic heterocycles. The van der Waals surface area contributed by atoms with E-state index < -0.39 is 0 Å². The Balaban J connectivity index is 2.76. The fourth-order valence-corrected chi connectivity index (χ4v) is 1.94. The lowest BCUT2D eigenvalue weighted by atomic mass is 10.1. The van der Waals surface area contributed by atoms with Crippen LogP contribution in [0, 0.1) is 6.92 Å². The molecule has 0 saturated carbocycles. The molecule has 2 aromatic rings. The monoisotopic (exact) mass is 217 g/mol. The molecule has 3 heteroatoms. The number of aryl methyl sites for hydroxylation is 1. The Morgan fingerprint density at radius 1 is 1.19 bits per heavy atom. The highest BCUT2D eigenvalue weighted by atomic mass is 15.3. The number of hydrogen-bond acceptors (Lipinski definition) is 2. The zero-order chi connectivity index (χ0) is 11.9. The zero-order valence-electron chi connectivity index (χ0n) is 10.7. The van der Waals surface area contributed by atoms with E-state index in [0.29, 0.717) is 12.0 Å². The highest BCUT2D eigenvalue weighted by Crippen LogP contribution is 2.26. The molecule has 2 rings (SSSR count). The molecule has 0 atom stereocenters. The smallest absolute Gasteiger partial charge is 0.158 e. The van der Waals surface area contributed by atoms with Crippen molar-refractivity contribution in [1.29, 1.82) is 0 Å². The van der Waals surface area contributed by atoms with Gasteiger partial charge in [0.15, 0.2) is 5.65 Å². The topological polar surface area (TPSA) is 30.7 Å². The minimum atomic E-state index is 0.352. The summed E-state index contributed by atoms with van der Waals surface area (Å²) in [6.07, 6.45) is 1.91. The van der Waals surface area contributed by atoms with Crippen molar-refractivity contribution >= 4 is 11.0 Å². The quantitative estimate of drug-likeness (QED) is 0.771. The van der Waals surface area contributed by atoms with Crippen LogP contribution in [-0.4, -0.2) is 14.8 Å². The lowest BCUT2D eigenvalue weighted by molar-refractivity contribution is 0.535. The van der Waals surface area contributed by atoms with Gasteiger partial charge in [-0.05, 0) is 38.3 Å². The lowest BCUT2D eigenvalue weighted by Gasteiger charge is -2.05. The van der Waals surface area contributed by atoms with E-state index >= 15 is 0 Å². The molecule has 3 nitrogen and oxygen atoms in total. The average molecular weight is 217 g/mol. The highest BCUT2D eigenvalue weighted by molar-refractivity contribution is 5.79. The number of aromatic nitrogens is 3. The molecule has 0 unspecified atom stereocenters. The summed E-state index contributed by atoms with van der Waals surface area (Å²) in [5.41, 5.74) is 3.35. The largest absolute Gasteiger partial charge is 0.244 e. The summed E-state index contributed by atoms with van der Waals surface area (Å²) in [5, 5.41) is 5.88. The van der Waals surface area contributed by atoms with Crippen LogP contribution in [0.3, 0.4) is 0 Å². The van der Waals surface area contributed by atoms with Gasteiger partial charge in [0.1, 0.15) is 0 Å². The van der Waals surface area contributed by atoms with Crippen molar-refractivity contribution < 1.29 is 0 Å². The van der Waals surface area contributed by atoms with Crippen molar-refractivity contribution in [3.05, 3.63) is 23.5 Å². The standard InChI is InChI=1S/C13H19N3/c1-8(2)12-11-6-10(5)7-14-13(11)16(15-12)9(3)4/h6-9H,1-5H3. The molecule has 0 amide bonds. The number of rotatable bonds is 2. The fourth-order valence-electron chi connectivity index (χ4n) is 1.94. The van der Waals surface area contributed by atoms with Crippen molar-refractivity contribution in [1.82, 2.24) is 14.8 Å². The maximum absolute atomic E-state index is 4.68. The SMILES string of the molecule is Cc1cnc2c(c1)c(C(C)C)nn2C(C)C. The van der Waals surface area contributed by atoms with E-state index in [9.17, 15) is 0 Å².